The van der Waals surface area contributed by atoms with Gasteiger partial charge in [0.25, 0.3) is 0 Å². The van der Waals surface area contributed by atoms with Crippen LogP contribution >= 0.6 is 11.8 Å². The summed E-state index contributed by atoms with van der Waals surface area (Å²) in [4.78, 5) is 11.9. The van der Waals surface area contributed by atoms with Crippen molar-refractivity contribution in [1.29, 1.82) is 0 Å². The molecule has 0 aromatic carbocycles. The highest BCUT2D eigenvalue weighted by Crippen LogP contribution is 2.28. The summed E-state index contributed by atoms with van der Waals surface area (Å²) >= 11 is 1.77. The van der Waals surface area contributed by atoms with Crippen LogP contribution in [0.5, 0.6) is 0 Å². The van der Waals surface area contributed by atoms with Crippen molar-refractivity contribution >= 4 is 17.9 Å². The molecule has 6 heteroatoms. The van der Waals surface area contributed by atoms with Gasteiger partial charge in [0.2, 0.25) is 0 Å². The fraction of sp³-hybridized carbons (Fsp3) is 0.929. The lowest BCUT2D eigenvalue weighted by Crippen LogP contribution is -2.70. The van der Waals surface area contributed by atoms with Gasteiger partial charge >= 0.3 is 6.09 Å². The van der Waals surface area contributed by atoms with Gasteiger partial charge in [-0.25, -0.2) is 4.79 Å². The zero-order chi connectivity index (χ0) is 15.6. The van der Waals surface area contributed by atoms with Crippen LogP contribution in [0.2, 0.25) is 0 Å². The van der Waals surface area contributed by atoms with E-state index >= 15 is 0 Å². The first-order valence-corrected chi connectivity index (χ1v) is 7.90. The minimum Gasteiger partial charge on any atom is -0.444 e. The summed E-state index contributed by atoms with van der Waals surface area (Å²) in [5.74, 6) is 0.739. The average Bonchev–Trinajstić information content (AvgIpc) is 2.16. The van der Waals surface area contributed by atoms with Crippen molar-refractivity contribution < 1.29 is 14.3 Å². The Kier molecular flexibility index (Phi) is 5.38. The molecule has 0 spiro atoms. The molecule has 5 nitrogen and oxygen atoms in total. The molecule has 0 saturated carbocycles. The Bertz CT molecular complexity index is 343. The Balaban J connectivity index is 2.61. The maximum Gasteiger partial charge on any atom is 0.407 e. The second-order valence-corrected chi connectivity index (χ2v) is 9.19. The van der Waals surface area contributed by atoms with Gasteiger partial charge < -0.3 is 20.5 Å². The van der Waals surface area contributed by atoms with Crippen molar-refractivity contribution in [3.05, 3.63) is 0 Å². The van der Waals surface area contributed by atoms with Crippen LogP contribution in [-0.4, -0.2) is 47.0 Å². The molecule has 1 saturated heterocycles. The highest BCUT2D eigenvalue weighted by molar-refractivity contribution is 8.00. The number of thioether (sulfide) groups is 1. The molecule has 118 valence electrons. The molecule has 0 aromatic rings. The van der Waals surface area contributed by atoms with E-state index in [1.54, 1.807) is 11.8 Å². The van der Waals surface area contributed by atoms with E-state index in [0.29, 0.717) is 13.2 Å². The van der Waals surface area contributed by atoms with Crippen LogP contribution in [0.3, 0.4) is 0 Å². The van der Waals surface area contributed by atoms with E-state index in [0.717, 1.165) is 5.75 Å². The van der Waals surface area contributed by atoms with Crippen molar-refractivity contribution in [2.45, 2.75) is 63.5 Å². The SMILES string of the molecule is CC(C)(C)OC(=O)N[C@@H](CSC(C)(C)C)C1(N)COC1. The molecule has 0 aliphatic carbocycles. The Morgan fingerprint density at radius 3 is 2.25 bits per heavy atom. The highest BCUT2D eigenvalue weighted by Gasteiger charge is 2.43. The second-order valence-electron chi connectivity index (χ2n) is 7.35. The Hall–Kier alpha value is -0.460. The molecule has 0 unspecified atom stereocenters. The van der Waals surface area contributed by atoms with Gasteiger partial charge in [0, 0.05) is 10.5 Å². The molecule has 1 aliphatic rings. The zero-order valence-corrected chi connectivity index (χ0v) is 14.2. The minimum atomic E-state index is -0.510. The molecule has 0 bridgehead atoms. The third kappa shape index (κ3) is 5.89. The maximum absolute atomic E-state index is 11.9. The summed E-state index contributed by atoms with van der Waals surface area (Å²) in [7, 11) is 0. The topological polar surface area (TPSA) is 73.6 Å². The molecule has 1 heterocycles. The number of hydrogen-bond acceptors (Lipinski definition) is 5. The molecule has 1 rings (SSSR count). The van der Waals surface area contributed by atoms with Crippen molar-refractivity contribution in [2.24, 2.45) is 5.73 Å². The highest BCUT2D eigenvalue weighted by atomic mass is 32.2. The van der Waals surface area contributed by atoms with E-state index in [9.17, 15) is 4.79 Å². The van der Waals surface area contributed by atoms with Gasteiger partial charge in [0.05, 0.1) is 24.8 Å². The fourth-order valence-electron chi connectivity index (χ4n) is 1.67. The average molecular weight is 304 g/mol. The van der Waals surface area contributed by atoms with Crippen molar-refractivity contribution in [1.82, 2.24) is 5.32 Å². The van der Waals surface area contributed by atoms with Gasteiger partial charge in [0.15, 0.2) is 0 Å². The van der Waals surface area contributed by atoms with Crippen LogP contribution < -0.4 is 11.1 Å². The first-order valence-electron chi connectivity index (χ1n) is 6.91. The molecule has 0 radical (unpaired) electrons. The number of ether oxygens (including phenoxy) is 2. The van der Waals surface area contributed by atoms with E-state index < -0.39 is 17.2 Å². The third-order valence-electron chi connectivity index (χ3n) is 2.81. The number of amides is 1. The van der Waals surface area contributed by atoms with Crippen molar-refractivity contribution in [3.63, 3.8) is 0 Å². The van der Waals surface area contributed by atoms with E-state index in [1.165, 1.54) is 0 Å². The minimum absolute atomic E-state index is 0.120. The van der Waals surface area contributed by atoms with Crippen molar-refractivity contribution in [3.8, 4) is 0 Å². The Morgan fingerprint density at radius 1 is 1.35 bits per heavy atom. The standard InChI is InChI=1S/C14H28N2O3S/c1-12(2,3)19-11(17)16-10(7-20-13(4,5)6)14(15)8-18-9-14/h10H,7-9,15H2,1-6H3,(H,16,17)/t10-/m0/s1. The number of rotatable bonds is 4. The van der Waals surface area contributed by atoms with Crippen LogP contribution in [0.1, 0.15) is 41.5 Å². The maximum atomic E-state index is 11.9. The summed E-state index contributed by atoms with van der Waals surface area (Å²) in [5.41, 5.74) is 5.28. The Labute approximate surface area is 126 Å². The molecule has 1 aliphatic heterocycles. The number of nitrogens with two attached hydrogens (primary N) is 1. The lowest BCUT2D eigenvalue weighted by atomic mass is 9.90. The predicted molar refractivity (Wildman–Crippen MR) is 83.1 cm³/mol. The second kappa shape index (κ2) is 6.12. The van der Waals surface area contributed by atoms with Crippen LogP contribution in [0.25, 0.3) is 0 Å². The lowest BCUT2D eigenvalue weighted by molar-refractivity contribution is -0.0683. The number of hydrogen-bond donors (Lipinski definition) is 2. The largest absolute Gasteiger partial charge is 0.444 e. The predicted octanol–water partition coefficient (Wildman–Crippen LogP) is 2.14. The van der Waals surface area contributed by atoms with Gasteiger partial charge in [-0.15, -0.1) is 0 Å². The molecule has 1 amide bonds. The Morgan fingerprint density at radius 2 is 1.90 bits per heavy atom. The summed E-state index contributed by atoms with van der Waals surface area (Å²) in [6, 6.07) is -0.157. The lowest BCUT2D eigenvalue weighted by Gasteiger charge is -2.44. The summed E-state index contributed by atoms with van der Waals surface area (Å²) < 4.78 is 10.6. The number of nitrogens with one attached hydrogen (secondary N) is 1. The van der Waals surface area contributed by atoms with Gasteiger partial charge in [-0.3, -0.25) is 0 Å². The first kappa shape index (κ1) is 17.6. The number of alkyl carbamates (subject to hydrolysis) is 1. The summed E-state index contributed by atoms with van der Waals surface area (Å²) in [6.45, 7) is 12.9. The third-order valence-corrected chi connectivity index (χ3v) is 4.18. The molecular formula is C14H28N2O3S. The monoisotopic (exact) mass is 304 g/mol. The van der Waals surface area contributed by atoms with Gasteiger partial charge in [-0.05, 0) is 20.8 Å². The molecule has 1 atom stereocenters. The fourth-order valence-corrected chi connectivity index (χ4v) is 2.76. The van der Waals surface area contributed by atoms with Crippen LogP contribution in [0.4, 0.5) is 4.79 Å². The summed E-state index contributed by atoms with van der Waals surface area (Å²) in [6.07, 6.45) is -0.422. The van der Waals surface area contributed by atoms with E-state index in [2.05, 4.69) is 26.1 Å². The zero-order valence-electron chi connectivity index (χ0n) is 13.4. The molecular weight excluding hydrogens is 276 g/mol. The summed E-state index contributed by atoms with van der Waals surface area (Å²) in [5, 5.41) is 2.90. The van der Waals surface area contributed by atoms with Gasteiger partial charge in [0.1, 0.15) is 5.60 Å². The van der Waals surface area contributed by atoms with Gasteiger partial charge in [-0.2, -0.15) is 11.8 Å². The molecule has 3 N–H and O–H groups in total. The van der Waals surface area contributed by atoms with Crippen LogP contribution in [0.15, 0.2) is 0 Å². The number of carbonyl (C=O) groups excluding carboxylic acids is 1. The van der Waals surface area contributed by atoms with E-state index in [-0.39, 0.29) is 10.8 Å². The first-order chi connectivity index (χ1) is 8.91. The normalized spacial score (nSPS) is 19.9. The molecule has 20 heavy (non-hydrogen) atoms. The number of carbonyl (C=O) groups is 1. The smallest absolute Gasteiger partial charge is 0.407 e. The van der Waals surface area contributed by atoms with Gasteiger partial charge in [-0.1, -0.05) is 20.8 Å². The molecule has 1 fully saturated rings. The van der Waals surface area contributed by atoms with Crippen LogP contribution in [0, 0.1) is 0 Å². The molecule has 0 aromatic heterocycles. The van der Waals surface area contributed by atoms with Crippen molar-refractivity contribution in [2.75, 3.05) is 19.0 Å². The van der Waals surface area contributed by atoms with E-state index in [1.807, 2.05) is 20.8 Å². The van der Waals surface area contributed by atoms with Crippen LogP contribution in [-0.2, 0) is 9.47 Å². The quantitative estimate of drug-likeness (QED) is 0.832. The van der Waals surface area contributed by atoms with E-state index in [4.69, 9.17) is 15.2 Å².